The van der Waals surface area contributed by atoms with Gasteiger partial charge in [0.25, 0.3) is 0 Å². The second kappa shape index (κ2) is 7.82. The van der Waals surface area contributed by atoms with E-state index in [2.05, 4.69) is 53.0 Å². The molecule has 2 aromatic rings. The Kier molecular flexibility index (Phi) is 6.35. The van der Waals surface area contributed by atoms with Crippen molar-refractivity contribution in [2.75, 3.05) is 6.54 Å². The van der Waals surface area contributed by atoms with Crippen molar-refractivity contribution in [1.82, 2.24) is 5.32 Å². The van der Waals surface area contributed by atoms with Crippen LogP contribution in [0, 0.1) is 10.5 Å². The van der Waals surface area contributed by atoms with Gasteiger partial charge in [0.05, 0.1) is 6.04 Å². The Morgan fingerprint density at radius 1 is 1.14 bits per heavy atom. The normalized spacial score (nSPS) is 12.4. The number of benzene rings is 2. The van der Waals surface area contributed by atoms with Crippen molar-refractivity contribution in [3.63, 3.8) is 0 Å². The van der Waals surface area contributed by atoms with Crippen molar-refractivity contribution in [3.05, 3.63) is 66.7 Å². The summed E-state index contributed by atoms with van der Waals surface area (Å²) in [6, 6.07) is 12.3. The van der Waals surface area contributed by atoms with Crippen LogP contribution in [0.15, 0.2) is 36.4 Å². The summed E-state index contributed by atoms with van der Waals surface area (Å²) in [5, 5.41) is 5.15. The van der Waals surface area contributed by atoms with E-state index in [1.54, 1.807) is 0 Å². The molecule has 0 fully saturated rings. The monoisotopic (exact) mass is 433 g/mol. The molecule has 0 saturated carbocycles. The first-order chi connectivity index (χ1) is 10.0. The van der Waals surface area contributed by atoms with E-state index in [1.807, 2.05) is 25.1 Å². The van der Waals surface area contributed by atoms with Crippen molar-refractivity contribution < 1.29 is 0 Å². The van der Waals surface area contributed by atoms with Crippen LogP contribution < -0.4 is 5.32 Å². The van der Waals surface area contributed by atoms with E-state index >= 15 is 0 Å². The van der Waals surface area contributed by atoms with Crippen molar-refractivity contribution >= 4 is 45.8 Å². The van der Waals surface area contributed by atoms with Gasteiger partial charge in [0.1, 0.15) is 0 Å². The lowest BCUT2D eigenvalue weighted by Crippen LogP contribution is -2.24. The number of nitrogens with one attached hydrogen (secondary N) is 1. The summed E-state index contributed by atoms with van der Waals surface area (Å²) in [5.74, 6) is 0. The van der Waals surface area contributed by atoms with E-state index in [0.29, 0.717) is 0 Å². The van der Waals surface area contributed by atoms with Crippen molar-refractivity contribution in [2.45, 2.75) is 26.3 Å². The Morgan fingerprint density at radius 3 is 2.57 bits per heavy atom. The fraction of sp³-hybridized carbons (Fsp3) is 0.294. The zero-order valence-corrected chi connectivity index (χ0v) is 15.8. The van der Waals surface area contributed by atoms with Gasteiger partial charge in [-0.25, -0.2) is 0 Å². The fourth-order valence-electron chi connectivity index (χ4n) is 2.22. The van der Waals surface area contributed by atoms with Gasteiger partial charge in [0, 0.05) is 13.6 Å². The highest BCUT2D eigenvalue weighted by Gasteiger charge is 2.17. The van der Waals surface area contributed by atoms with Crippen LogP contribution in [-0.4, -0.2) is 6.54 Å². The maximum atomic E-state index is 6.29. The summed E-state index contributed by atoms with van der Waals surface area (Å²) >= 11 is 14.8. The average molecular weight is 434 g/mol. The smallest absolute Gasteiger partial charge is 0.0588 e. The molecule has 2 rings (SSSR count). The molecule has 0 bridgehead atoms. The highest BCUT2D eigenvalue weighted by Crippen LogP contribution is 2.30. The van der Waals surface area contributed by atoms with Gasteiger partial charge in [0.2, 0.25) is 0 Å². The standard InChI is InChI=1S/C17H18Cl2IN/c1-3-8-21-17(12-5-4-11(2)15(19)9-12)14-10-13(18)6-7-16(14)20/h4-7,9-10,17,21H,3,8H2,1-2H3. The van der Waals surface area contributed by atoms with Gasteiger partial charge in [0.15, 0.2) is 0 Å². The lowest BCUT2D eigenvalue weighted by atomic mass is 9.97. The van der Waals surface area contributed by atoms with Crippen LogP contribution >= 0.6 is 45.8 Å². The summed E-state index contributed by atoms with van der Waals surface area (Å²) in [4.78, 5) is 0. The van der Waals surface area contributed by atoms with E-state index in [9.17, 15) is 0 Å². The summed E-state index contributed by atoms with van der Waals surface area (Å²) < 4.78 is 1.20. The van der Waals surface area contributed by atoms with Gasteiger partial charge >= 0.3 is 0 Å². The van der Waals surface area contributed by atoms with Gasteiger partial charge in [-0.2, -0.15) is 0 Å². The SMILES string of the molecule is CCCNC(c1ccc(C)c(Cl)c1)c1cc(Cl)ccc1I. The average Bonchev–Trinajstić information content (AvgIpc) is 2.46. The number of hydrogen-bond donors (Lipinski definition) is 1. The zero-order valence-electron chi connectivity index (χ0n) is 12.1. The summed E-state index contributed by atoms with van der Waals surface area (Å²) in [6.45, 7) is 5.12. The van der Waals surface area contributed by atoms with E-state index in [4.69, 9.17) is 23.2 Å². The lowest BCUT2D eigenvalue weighted by molar-refractivity contribution is 0.596. The van der Waals surface area contributed by atoms with Gasteiger partial charge in [-0.15, -0.1) is 0 Å². The molecule has 1 unspecified atom stereocenters. The summed E-state index contributed by atoms with van der Waals surface area (Å²) in [7, 11) is 0. The molecule has 0 aromatic heterocycles. The van der Waals surface area contributed by atoms with Crippen molar-refractivity contribution in [1.29, 1.82) is 0 Å². The molecule has 0 aliphatic carbocycles. The molecular weight excluding hydrogens is 416 g/mol. The number of halogens is 3. The Bertz CT molecular complexity index is 628. The van der Waals surface area contributed by atoms with Gasteiger partial charge in [-0.1, -0.05) is 42.3 Å². The second-order valence-electron chi connectivity index (χ2n) is 5.06. The third-order valence-electron chi connectivity index (χ3n) is 3.40. The molecule has 0 heterocycles. The molecule has 1 N–H and O–H groups in total. The molecule has 0 radical (unpaired) electrons. The van der Waals surface area contributed by atoms with Crippen molar-refractivity contribution in [2.24, 2.45) is 0 Å². The van der Waals surface area contributed by atoms with E-state index in [0.717, 1.165) is 28.6 Å². The van der Waals surface area contributed by atoms with Crippen molar-refractivity contribution in [3.8, 4) is 0 Å². The molecule has 0 aliphatic rings. The molecule has 0 aliphatic heterocycles. The predicted molar refractivity (Wildman–Crippen MR) is 100 cm³/mol. The number of hydrogen-bond acceptors (Lipinski definition) is 1. The minimum absolute atomic E-state index is 0.105. The Hall–Kier alpha value is -0.290. The van der Waals surface area contributed by atoms with Crippen LogP contribution in [0.5, 0.6) is 0 Å². The topological polar surface area (TPSA) is 12.0 Å². The van der Waals surface area contributed by atoms with Crippen LogP contribution in [-0.2, 0) is 0 Å². The third kappa shape index (κ3) is 4.35. The number of aryl methyl sites for hydroxylation is 1. The Balaban J connectivity index is 2.46. The molecular formula is C17H18Cl2IN. The molecule has 1 nitrogen and oxygen atoms in total. The maximum absolute atomic E-state index is 6.29. The van der Waals surface area contributed by atoms with Gasteiger partial charge < -0.3 is 5.32 Å². The molecule has 0 spiro atoms. The Labute approximate surface area is 150 Å². The summed E-state index contributed by atoms with van der Waals surface area (Å²) in [6.07, 6.45) is 1.08. The first-order valence-electron chi connectivity index (χ1n) is 6.97. The number of rotatable bonds is 5. The quantitative estimate of drug-likeness (QED) is 0.570. The molecule has 1 atom stereocenters. The van der Waals surface area contributed by atoms with Gasteiger partial charge in [-0.3, -0.25) is 0 Å². The molecule has 4 heteroatoms. The van der Waals surface area contributed by atoms with Gasteiger partial charge in [-0.05, 0) is 83.4 Å². The maximum Gasteiger partial charge on any atom is 0.0588 e. The van der Waals surface area contributed by atoms with E-state index < -0.39 is 0 Å². The molecule has 21 heavy (non-hydrogen) atoms. The fourth-order valence-corrected chi connectivity index (χ4v) is 3.24. The second-order valence-corrected chi connectivity index (χ2v) is 7.07. The van der Waals surface area contributed by atoms with Crippen LogP contribution in [0.1, 0.15) is 36.1 Å². The van der Waals surface area contributed by atoms with Crippen LogP contribution in [0.25, 0.3) is 0 Å². The van der Waals surface area contributed by atoms with Crippen LogP contribution in [0.4, 0.5) is 0 Å². The highest BCUT2D eigenvalue weighted by atomic mass is 127. The lowest BCUT2D eigenvalue weighted by Gasteiger charge is -2.22. The first kappa shape index (κ1) is 17.1. The largest absolute Gasteiger partial charge is 0.306 e. The first-order valence-corrected chi connectivity index (χ1v) is 8.80. The highest BCUT2D eigenvalue weighted by molar-refractivity contribution is 14.1. The van der Waals surface area contributed by atoms with Crippen LogP contribution in [0.2, 0.25) is 10.0 Å². The van der Waals surface area contributed by atoms with Crippen LogP contribution in [0.3, 0.4) is 0 Å². The Morgan fingerprint density at radius 2 is 1.90 bits per heavy atom. The predicted octanol–water partition coefficient (Wildman–Crippen LogP) is 6.00. The van der Waals surface area contributed by atoms with E-state index in [1.165, 1.54) is 14.7 Å². The molecule has 112 valence electrons. The molecule has 0 amide bonds. The zero-order chi connectivity index (χ0) is 15.4. The minimum atomic E-state index is 0.105. The third-order valence-corrected chi connectivity index (χ3v) is 5.02. The molecule has 0 saturated heterocycles. The minimum Gasteiger partial charge on any atom is -0.306 e. The summed E-state index contributed by atoms with van der Waals surface area (Å²) in [5.41, 5.74) is 3.45. The molecule has 2 aromatic carbocycles. The van der Waals surface area contributed by atoms with E-state index in [-0.39, 0.29) is 6.04 Å².